The molecule has 2 aromatic carbocycles. The quantitative estimate of drug-likeness (QED) is 0.162. The molecule has 2 aromatic rings. The van der Waals surface area contributed by atoms with Crippen molar-refractivity contribution in [1.29, 1.82) is 5.41 Å². The Morgan fingerprint density at radius 3 is 2.42 bits per heavy atom. The molecule has 1 heterocycles. The van der Waals surface area contributed by atoms with Crippen molar-refractivity contribution in [2.75, 3.05) is 37.7 Å². The van der Waals surface area contributed by atoms with Gasteiger partial charge in [-0.2, -0.15) is 0 Å². The second kappa shape index (κ2) is 13.8. The number of hydrogen-bond acceptors (Lipinski definition) is 7. The van der Waals surface area contributed by atoms with E-state index in [1.165, 1.54) is 32.0 Å². The van der Waals surface area contributed by atoms with Crippen LogP contribution >= 0.6 is 0 Å². The number of rotatable bonds is 12. The number of phenols is 2. The summed E-state index contributed by atoms with van der Waals surface area (Å²) in [5.41, 5.74) is 7.31. The highest BCUT2D eigenvalue weighted by molar-refractivity contribution is 6.22. The van der Waals surface area contributed by atoms with Crippen LogP contribution in [0.15, 0.2) is 36.4 Å². The number of nitrogens with zero attached hydrogens (tertiary/aromatic N) is 2. The highest BCUT2D eigenvalue weighted by Crippen LogP contribution is 2.33. The monoisotopic (exact) mass is 525 g/mol. The Hall–Kier alpha value is -3.63. The Balaban J connectivity index is 1.51. The molecule has 0 bridgehead atoms. The van der Waals surface area contributed by atoms with Crippen LogP contribution < -0.4 is 16.0 Å². The van der Waals surface area contributed by atoms with E-state index in [2.05, 4.69) is 10.2 Å². The third kappa shape index (κ3) is 7.93. The number of benzene rings is 2. The number of nitrogens with one attached hydrogen (secondary N) is 2. The summed E-state index contributed by atoms with van der Waals surface area (Å²) in [4.78, 5) is 27.8. The second-order valence-electron chi connectivity index (χ2n) is 9.81. The average molecular weight is 526 g/mol. The number of nitrogens with two attached hydrogens (primary N) is 1. The van der Waals surface area contributed by atoms with Gasteiger partial charge in [-0.05, 0) is 67.6 Å². The number of anilines is 1. The molecule has 6 N–H and O–H groups in total. The molecule has 10 heteroatoms. The zero-order valence-electron chi connectivity index (χ0n) is 22.2. The van der Waals surface area contributed by atoms with Crippen molar-refractivity contribution in [3.63, 3.8) is 0 Å². The third-order valence-corrected chi connectivity index (χ3v) is 6.59. The molecule has 10 nitrogen and oxygen atoms in total. The summed E-state index contributed by atoms with van der Waals surface area (Å²) < 4.78 is 5.59. The summed E-state index contributed by atoms with van der Waals surface area (Å²) in [6.45, 7) is 8.46. The zero-order chi connectivity index (χ0) is 27.7. The first-order chi connectivity index (χ1) is 18.2. The zero-order valence-corrected chi connectivity index (χ0v) is 22.2. The molecule has 1 aliphatic rings. The van der Waals surface area contributed by atoms with Gasteiger partial charge in [0.1, 0.15) is 17.3 Å². The molecule has 1 aliphatic heterocycles. The van der Waals surface area contributed by atoms with E-state index < -0.39 is 6.03 Å². The van der Waals surface area contributed by atoms with Gasteiger partial charge >= 0.3 is 6.03 Å². The van der Waals surface area contributed by atoms with Crippen molar-refractivity contribution in [2.24, 2.45) is 5.73 Å². The Morgan fingerprint density at radius 2 is 1.79 bits per heavy atom. The van der Waals surface area contributed by atoms with E-state index in [0.717, 1.165) is 29.5 Å². The van der Waals surface area contributed by atoms with Gasteiger partial charge in [0, 0.05) is 32.2 Å². The molecule has 0 spiro atoms. The van der Waals surface area contributed by atoms with E-state index in [1.54, 1.807) is 24.3 Å². The van der Waals surface area contributed by atoms with Gasteiger partial charge in [0.15, 0.2) is 0 Å². The summed E-state index contributed by atoms with van der Waals surface area (Å²) in [6.07, 6.45) is 3.81. The smallest absolute Gasteiger partial charge is 0.325 e. The molecular formula is C28H39N5O5. The highest BCUT2D eigenvalue weighted by Gasteiger charge is 2.24. The van der Waals surface area contributed by atoms with Gasteiger partial charge in [0.2, 0.25) is 5.91 Å². The highest BCUT2D eigenvalue weighted by atomic mass is 16.5. The topological polar surface area (TPSA) is 152 Å². The molecule has 0 radical (unpaired) electrons. The average Bonchev–Trinajstić information content (AvgIpc) is 3.39. The first-order valence-electron chi connectivity index (χ1n) is 13.1. The fraction of sp³-hybridized carbons (Fsp3) is 0.464. The summed E-state index contributed by atoms with van der Waals surface area (Å²) in [5.74, 6) is -0.922. The van der Waals surface area contributed by atoms with Gasteiger partial charge in [-0.25, -0.2) is 9.69 Å². The molecule has 0 unspecified atom stereocenters. The van der Waals surface area contributed by atoms with Gasteiger partial charge in [0.05, 0.1) is 17.9 Å². The van der Waals surface area contributed by atoms with Crippen LogP contribution in [0.2, 0.25) is 0 Å². The van der Waals surface area contributed by atoms with Crippen LogP contribution in [0.5, 0.6) is 11.5 Å². The predicted octanol–water partition coefficient (Wildman–Crippen LogP) is 3.64. The van der Waals surface area contributed by atoms with Crippen molar-refractivity contribution in [1.82, 2.24) is 10.2 Å². The summed E-state index contributed by atoms with van der Waals surface area (Å²) >= 11 is 0. The number of primary amides is 1. The third-order valence-electron chi connectivity index (χ3n) is 6.59. The van der Waals surface area contributed by atoms with Crippen molar-refractivity contribution < 1.29 is 24.5 Å². The van der Waals surface area contributed by atoms with Gasteiger partial charge < -0.3 is 30.9 Å². The van der Waals surface area contributed by atoms with E-state index in [1.807, 2.05) is 13.8 Å². The Morgan fingerprint density at radius 1 is 1.11 bits per heavy atom. The van der Waals surface area contributed by atoms with Crippen molar-refractivity contribution in [3.8, 4) is 11.5 Å². The minimum absolute atomic E-state index is 0.0648. The number of phenolic OH excluding ortho intramolecular Hbond substituents is 2. The molecule has 38 heavy (non-hydrogen) atoms. The van der Waals surface area contributed by atoms with Crippen LogP contribution in [0, 0.1) is 5.41 Å². The van der Waals surface area contributed by atoms with Crippen molar-refractivity contribution >= 4 is 23.5 Å². The standard InChI is InChI=1S/C28H39N5O5/c1-19(2)22-16-23(25(35)17-24(22)34)27(29)33(28(30)37)21-8-6-20(7-9-21)18-31-26(36)10-15-38-14-5-13-32-11-3-4-12-32/h6-9,16-17,19,29,34-35H,3-5,10-15,18H2,1-2H3,(H2,30,37)(H,31,36). The number of ether oxygens (including phenoxy) is 1. The molecule has 0 aromatic heterocycles. The van der Waals surface area contributed by atoms with E-state index in [0.29, 0.717) is 31.0 Å². The predicted molar refractivity (Wildman–Crippen MR) is 147 cm³/mol. The molecule has 0 aliphatic carbocycles. The SMILES string of the molecule is CC(C)c1cc(C(=N)N(C(N)=O)c2ccc(CNC(=O)CCOCCCN3CCCC3)cc2)c(O)cc1O. The molecule has 1 saturated heterocycles. The number of likely N-dealkylation sites (tertiary alicyclic amines) is 1. The number of carbonyl (C=O) groups excluding carboxylic acids is 2. The molecule has 3 amide bonds. The maximum absolute atomic E-state index is 12.2. The molecule has 0 saturated carbocycles. The minimum atomic E-state index is -0.893. The Labute approximate surface area is 223 Å². The lowest BCUT2D eigenvalue weighted by molar-refractivity contribution is -0.122. The largest absolute Gasteiger partial charge is 0.508 e. The van der Waals surface area contributed by atoms with Crippen LogP contribution in [-0.4, -0.2) is 65.7 Å². The van der Waals surface area contributed by atoms with Gasteiger partial charge in [-0.1, -0.05) is 26.0 Å². The fourth-order valence-corrected chi connectivity index (χ4v) is 4.45. The van der Waals surface area contributed by atoms with Crippen LogP contribution in [0.25, 0.3) is 0 Å². The minimum Gasteiger partial charge on any atom is -0.508 e. The number of aromatic hydroxyl groups is 2. The summed E-state index contributed by atoms with van der Waals surface area (Å²) in [6, 6.07) is 8.43. The first kappa shape index (κ1) is 28.9. The number of urea groups is 1. The van der Waals surface area contributed by atoms with Gasteiger partial charge in [-0.15, -0.1) is 0 Å². The Kier molecular flexibility index (Phi) is 10.5. The maximum atomic E-state index is 12.2. The van der Waals surface area contributed by atoms with Crippen LogP contribution in [0.4, 0.5) is 10.5 Å². The molecule has 3 rings (SSSR count). The summed E-state index contributed by atoms with van der Waals surface area (Å²) in [5, 5.41) is 31.8. The lowest BCUT2D eigenvalue weighted by atomic mass is 9.98. The maximum Gasteiger partial charge on any atom is 0.325 e. The van der Waals surface area contributed by atoms with Crippen molar-refractivity contribution in [3.05, 3.63) is 53.1 Å². The molecule has 206 valence electrons. The number of hydrogen-bond donors (Lipinski definition) is 5. The van der Waals surface area contributed by atoms with Gasteiger partial charge in [0.25, 0.3) is 0 Å². The molecule has 0 atom stereocenters. The Bertz CT molecular complexity index is 1110. The second-order valence-corrected chi connectivity index (χ2v) is 9.81. The van der Waals surface area contributed by atoms with Gasteiger partial charge in [-0.3, -0.25) is 10.2 Å². The van der Waals surface area contributed by atoms with Crippen LogP contribution in [-0.2, 0) is 16.1 Å². The molecular weight excluding hydrogens is 486 g/mol. The lowest BCUT2D eigenvalue weighted by Gasteiger charge is -2.23. The van der Waals surface area contributed by atoms with E-state index in [9.17, 15) is 19.8 Å². The van der Waals surface area contributed by atoms with Crippen molar-refractivity contribution in [2.45, 2.75) is 52.0 Å². The molecule has 1 fully saturated rings. The van der Waals surface area contributed by atoms with Crippen LogP contribution in [0.1, 0.15) is 62.1 Å². The number of amides is 3. The number of carbonyl (C=O) groups is 2. The van der Waals surface area contributed by atoms with Crippen LogP contribution in [0.3, 0.4) is 0 Å². The lowest BCUT2D eigenvalue weighted by Crippen LogP contribution is -2.41. The van der Waals surface area contributed by atoms with E-state index >= 15 is 0 Å². The first-order valence-corrected chi connectivity index (χ1v) is 13.1. The summed E-state index contributed by atoms with van der Waals surface area (Å²) in [7, 11) is 0. The fourth-order valence-electron chi connectivity index (χ4n) is 4.45. The van der Waals surface area contributed by atoms with E-state index in [-0.39, 0.29) is 41.1 Å². The normalized spacial score (nSPS) is 13.6. The van der Waals surface area contributed by atoms with E-state index in [4.69, 9.17) is 15.9 Å². The number of amidine groups is 1.